The highest BCUT2D eigenvalue weighted by Crippen LogP contribution is 2.11. The summed E-state index contributed by atoms with van der Waals surface area (Å²) in [5.74, 6) is 0.510. The summed E-state index contributed by atoms with van der Waals surface area (Å²) in [7, 11) is 0. The molecule has 0 radical (unpaired) electrons. The van der Waals surface area contributed by atoms with Crippen molar-refractivity contribution >= 4 is 11.9 Å². The van der Waals surface area contributed by atoms with Gasteiger partial charge in [0.2, 0.25) is 11.8 Å². The SMILES string of the molecule is CC(CCC(=O)O)CNc1nccc(OC(C)C)n1. The third-order valence-corrected chi connectivity index (χ3v) is 2.45. The van der Waals surface area contributed by atoms with Crippen LogP contribution in [0.15, 0.2) is 12.3 Å². The summed E-state index contributed by atoms with van der Waals surface area (Å²) in [6, 6.07) is 1.71. The molecule has 1 rings (SSSR count). The van der Waals surface area contributed by atoms with Gasteiger partial charge in [-0.3, -0.25) is 4.79 Å². The number of carbonyl (C=O) groups is 1. The molecule has 1 atom stereocenters. The van der Waals surface area contributed by atoms with Crippen LogP contribution in [0.3, 0.4) is 0 Å². The molecule has 0 aliphatic carbocycles. The third kappa shape index (κ3) is 6.59. The zero-order valence-corrected chi connectivity index (χ0v) is 11.6. The predicted molar refractivity (Wildman–Crippen MR) is 72.3 cm³/mol. The molecule has 6 nitrogen and oxygen atoms in total. The molecular formula is C13H21N3O3. The normalized spacial score (nSPS) is 12.2. The molecular weight excluding hydrogens is 246 g/mol. The van der Waals surface area contributed by atoms with Crippen molar-refractivity contribution < 1.29 is 14.6 Å². The molecule has 2 N–H and O–H groups in total. The molecule has 0 fully saturated rings. The van der Waals surface area contributed by atoms with E-state index >= 15 is 0 Å². The highest BCUT2D eigenvalue weighted by atomic mass is 16.5. The van der Waals surface area contributed by atoms with Crippen LogP contribution in [0.4, 0.5) is 5.95 Å². The number of ether oxygens (including phenoxy) is 1. The van der Waals surface area contributed by atoms with Crippen molar-refractivity contribution in [1.82, 2.24) is 9.97 Å². The second-order valence-corrected chi connectivity index (χ2v) is 4.80. The van der Waals surface area contributed by atoms with Crippen molar-refractivity contribution in [1.29, 1.82) is 0 Å². The molecule has 1 heterocycles. The number of anilines is 1. The van der Waals surface area contributed by atoms with E-state index in [1.807, 2.05) is 20.8 Å². The van der Waals surface area contributed by atoms with E-state index in [1.165, 1.54) is 0 Å². The van der Waals surface area contributed by atoms with Crippen molar-refractivity contribution in [3.63, 3.8) is 0 Å². The summed E-state index contributed by atoms with van der Waals surface area (Å²) in [6.45, 7) is 6.50. The average Bonchev–Trinajstić information content (AvgIpc) is 2.33. The van der Waals surface area contributed by atoms with Gasteiger partial charge in [-0.1, -0.05) is 6.92 Å². The van der Waals surface area contributed by atoms with E-state index in [0.717, 1.165) is 0 Å². The molecule has 1 unspecified atom stereocenters. The van der Waals surface area contributed by atoms with Crippen LogP contribution in [0.2, 0.25) is 0 Å². The largest absolute Gasteiger partial charge is 0.481 e. The molecule has 0 saturated heterocycles. The number of aromatic nitrogens is 2. The van der Waals surface area contributed by atoms with Gasteiger partial charge in [-0.05, 0) is 26.2 Å². The second kappa shape index (κ2) is 7.56. The van der Waals surface area contributed by atoms with Gasteiger partial charge >= 0.3 is 5.97 Å². The van der Waals surface area contributed by atoms with Gasteiger partial charge in [0, 0.05) is 25.2 Å². The van der Waals surface area contributed by atoms with Gasteiger partial charge in [0.25, 0.3) is 0 Å². The van der Waals surface area contributed by atoms with Gasteiger partial charge in [-0.25, -0.2) is 4.98 Å². The van der Waals surface area contributed by atoms with Crippen molar-refractivity contribution in [2.75, 3.05) is 11.9 Å². The summed E-state index contributed by atoms with van der Waals surface area (Å²) in [5.41, 5.74) is 0. The van der Waals surface area contributed by atoms with Crippen LogP contribution >= 0.6 is 0 Å². The van der Waals surface area contributed by atoms with Crippen LogP contribution < -0.4 is 10.1 Å². The maximum absolute atomic E-state index is 10.5. The first-order chi connectivity index (χ1) is 8.97. The Kier molecular flexibility index (Phi) is 6.05. The van der Waals surface area contributed by atoms with Crippen LogP contribution in [-0.2, 0) is 4.79 Å². The molecule has 6 heteroatoms. The van der Waals surface area contributed by atoms with Crippen LogP contribution in [0.1, 0.15) is 33.6 Å². The Morgan fingerprint density at radius 2 is 2.21 bits per heavy atom. The lowest BCUT2D eigenvalue weighted by Gasteiger charge is -2.12. The Morgan fingerprint density at radius 1 is 1.47 bits per heavy atom. The lowest BCUT2D eigenvalue weighted by Crippen LogP contribution is -2.15. The fourth-order valence-electron chi connectivity index (χ4n) is 1.47. The first kappa shape index (κ1) is 15.2. The third-order valence-electron chi connectivity index (χ3n) is 2.45. The van der Waals surface area contributed by atoms with Crippen molar-refractivity contribution in [2.45, 2.75) is 39.7 Å². The van der Waals surface area contributed by atoms with E-state index in [4.69, 9.17) is 9.84 Å². The summed E-state index contributed by atoms with van der Waals surface area (Å²) in [6.07, 6.45) is 2.51. The molecule has 0 spiro atoms. The Balaban J connectivity index is 2.42. The topological polar surface area (TPSA) is 84.3 Å². The van der Waals surface area contributed by atoms with E-state index in [1.54, 1.807) is 12.3 Å². The van der Waals surface area contributed by atoms with E-state index in [0.29, 0.717) is 24.8 Å². The minimum absolute atomic E-state index is 0.0669. The summed E-state index contributed by atoms with van der Waals surface area (Å²) >= 11 is 0. The van der Waals surface area contributed by atoms with Crippen molar-refractivity contribution in [3.05, 3.63) is 12.3 Å². The molecule has 1 aromatic rings. The number of aliphatic carboxylic acids is 1. The lowest BCUT2D eigenvalue weighted by atomic mass is 10.1. The maximum atomic E-state index is 10.5. The first-order valence-electron chi connectivity index (χ1n) is 6.42. The number of nitrogens with zero attached hydrogens (tertiary/aromatic N) is 2. The first-order valence-corrected chi connectivity index (χ1v) is 6.42. The Bertz CT molecular complexity index is 410. The zero-order valence-electron chi connectivity index (χ0n) is 11.6. The zero-order chi connectivity index (χ0) is 14.3. The van der Waals surface area contributed by atoms with Gasteiger partial charge in [0.15, 0.2) is 0 Å². The molecule has 106 valence electrons. The monoisotopic (exact) mass is 267 g/mol. The quantitative estimate of drug-likeness (QED) is 0.751. The van der Waals surface area contributed by atoms with Crippen LogP contribution in [0.25, 0.3) is 0 Å². The molecule has 0 bridgehead atoms. The molecule has 19 heavy (non-hydrogen) atoms. The van der Waals surface area contributed by atoms with Gasteiger partial charge in [0.05, 0.1) is 6.10 Å². The summed E-state index contributed by atoms with van der Waals surface area (Å²) in [5, 5.41) is 11.7. The maximum Gasteiger partial charge on any atom is 0.303 e. The lowest BCUT2D eigenvalue weighted by molar-refractivity contribution is -0.137. The van der Waals surface area contributed by atoms with Crippen LogP contribution in [0, 0.1) is 5.92 Å². The van der Waals surface area contributed by atoms with Gasteiger partial charge in [0.1, 0.15) is 0 Å². The molecule has 0 aliphatic rings. The van der Waals surface area contributed by atoms with Crippen molar-refractivity contribution in [2.24, 2.45) is 5.92 Å². The molecule has 0 aliphatic heterocycles. The summed E-state index contributed by atoms with van der Waals surface area (Å²) < 4.78 is 5.47. The number of hydrogen-bond acceptors (Lipinski definition) is 5. The number of hydrogen-bond donors (Lipinski definition) is 2. The number of nitrogens with one attached hydrogen (secondary N) is 1. The van der Waals surface area contributed by atoms with E-state index in [-0.39, 0.29) is 18.4 Å². The van der Waals surface area contributed by atoms with Gasteiger partial charge in [-0.15, -0.1) is 0 Å². The van der Waals surface area contributed by atoms with E-state index in [9.17, 15) is 4.79 Å². The minimum atomic E-state index is -0.768. The minimum Gasteiger partial charge on any atom is -0.481 e. The summed E-state index contributed by atoms with van der Waals surface area (Å²) in [4.78, 5) is 18.8. The van der Waals surface area contributed by atoms with Crippen molar-refractivity contribution in [3.8, 4) is 5.88 Å². The highest BCUT2D eigenvalue weighted by Gasteiger charge is 2.07. The number of carboxylic acid groups (broad SMARTS) is 1. The molecule has 0 amide bonds. The molecule has 0 aromatic carbocycles. The van der Waals surface area contributed by atoms with E-state index in [2.05, 4.69) is 15.3 Å². The fraction of sp³-hybridized carbons (Fsp3) is 0.615. The van der Waals surface area contributed by atoms with Gasteiger partial charge < -0.3 is 15.2 Å². The van der Waals surface area contributed by atoms with E-state index < -0.39 is 5.97 Å². The van der Waals surface area contributed by atoms with Crippen LogP contribution in [0.5, 0.6) is 5.88 Å². The fourth-order valence-corrected chi connectivity index (χ4v) is 1.47. The number of carboxylic acids is 1. The predicted octanol–water partition coefficient (Wildman–Crippen LogP) is 2.18. The smallest absolute Gasteiger partial charge is 0.303 e. The van der Waals surface area contributed by atoms with Gasteiger partial charge in [-0.2, -0.15) is 4.98 Å². The highest BCUT2D eigenvalue weighted by molar-refractivity contribution is 5.66. The Morgan fingerprint density at radius 3 is 2.84 bits per heavy atom. The second-order valence-electron chi connectivity index (χ2n) is 4.80. The Hall–Kier alpha value is -1.85. The molecule has 0 saturated carbocycles. The number of rotatable bonds is 8. The van der Waals surface area contributed by atoms with Crippen LogP contribution in [-0.4, -0.2) is 33.7 Å². The Labute approximate surface area is 113 Å². The standard InChI is InChI=1S/C13H21N3O3/c1-9(2)19-11-6-7-14-13(16-11)15-8-10(3)4-5-12(17)18/h6-7,9-10H,4-5,8H2,1-3H3,(H,17,18)(H,14,15,16). The average molecular weight is 267 g/mol. The molecule has 1 aromatic heterocycles.